The number of rotatable bonds is 2. The molecule has 15 heavy (non-hydrogen) atoms. The maximum atomic E-state index is 11.7. The van der Waals surface area contributed by atoms with Crippen LogP contribution in [0.5, 0.6) is 0 Å². The monoisotopic (exact) mass is 229 g/mol. The van der Waals surface area contributed by atoms with Gasteiger partial charge in [-0.15, -0.1) is 11.8 Å². The van der Waals surface area contributed by atoms with Crippen molar-refractivity contribution in [1.29, 1.82) is 0 Å². The van der Waals surface area contributed by atoms with Gasteiger partial charge in [-0.3, -0.25) is 5.10 Å². The van der Waals surface area contributed by atoms with Crippen molar-refractivity contribution in [1.82, 2.24) is 10.2 Å². The third-order valence-electron chi connectivity index (χ3n) is 1.56. The molecule has 6 heteroatoms. The highest BCUT2D eigenvalue weighted by Crippen LogP contribution is 2.24. The number of carbonyl (C=O) groups is 1. The van der Waals surface area contributed by atoms with E-state index in [0.717, 1.165) is 0 Å². The Labute approximate surface area is 92.8 Å². The first kappa shape index (κ1) is 11.9. The van der Waals surface area contributed by atoms with Gasteiger partial charge in [0.1, 0.15) is 22.0 Å². The molecule has 0 unspecified atom stereocenters. The maximum Gasteiger partial charge on any atom is 0.345 e. The molecular formula is C9H15N3O2S. The number of esters is 1. The number of nitrogen functional groups attached to an aromatic ring is 1. The molecule has 1 rings (SSSR count). The van der Waals surface area contributed by atoms with Gasteiger partial charge >= 0.3 is 5.97 Å². The van der Waals surface area contributed by atoms with Gasteiger partial charge in [-0.2, -0.15) is 5.10 Å². The molecule has 1 aromatic heterocycles. The van der Waals surface area contributed by atoms with Gasteiger partial charge in [0.05, 0.1) is 0 Å². The van der Waals surface area contributed by atoms with Crippen molar-refractivity contribution in [3.05, 3.63) is 5.56 Å². The molecule has 0 saturated heterocycles. The third kappa shape index (κ3) is 2.89. The summed E-state index contributed by atoms with van der Waals surface area (Å²) in [4.78, 5) is 11.7. The molecule has 0 fully saturated rings. The quantitative estimate of drug-likeness (QED) is 0.595. The summed E-state index contributed by atoms with van der Waals surface area (Å²) < 4.78 is 5.21. The van der Waals surface area contributed by atoms with E-state index in [0.29, 0.717) is 10.6 Å². The predicted octanol–water partition coefficient (Wildman–Crippen LogP) is 1.67. The first-order valence-corrected chi connectivity index (χ1v) is 5.69. The van der Waals surface area contributed by atoms with E-state index in [-0.39, 0.29) is 5.82 Å². The van der Waals surface area contributed by atoms with Crippen molar-refractivity contribution < 1.29 is 9.53 Å². The van der Waals surface area contributed by atoms with E-state index in [2.05, 4.69) is 10.2 Å². The molecule has 1 heterocycles. The van der Waals surface area contributed by atoms with Crippen LogP contribution in [0.1, 0.15) is 31.1 Å². The first-order valence-electron chi connectivity index (χ1n) is 4.46. The Morgan fingerprint density at radius 3 is 2.60 bits per heavy atom. The molecule has 3 N–H and O–H groups in total. The van der Waals surface area contributed by atoms with E-state index < -0.39 is 11.6 Å². The van der Waals surface area contributed by atoms with E-state index in [1.165, 1.54) is 11.8 Å². The number of ether oxygens (including phenoxy) is 1. The van der Waals surface area contributed by atoms with Crippen LogP contribution in [-0.4, -0.2) is 28.0 Å². The Hall–Kier alpha value is -1.17. The Morgan fingerprint density at radius 1 is 1.53 bits per heavy atom. The molecule has 0 spiro atoms. The predicted molar refractivity (Wildman–Crippen MR) is 59.9 cm³/mol. The molecule has 0 aliphatic carbocycles. The highest BCUT2D eigenvalue weighted by Gasteiger charge is 2.24. The molecule has 0 saturated carbocycles. The fourth-order valence-electron chi connectivity index (χ4n) is 1.01. The minimum absolute atomic E-state index is 0.244. The number of aromatic amines is 1. The lowest BCUT2D eigenvalue weighted by Crippen LogP contribution is -2.24. The molecule has 0 aliphatic rings. The van der Waals surface area contributed by atoms with E-state index in [9.17, 15) is 4.79 Å². The van der Waals surface area contributed by atoms with Crippen LogP contribution in [0.15, 0.2) is 5.03 Å². The van der Waals surface area contributed by atoms with Crippen molar-refractivity contribution in [3.8, 4) is 0 Å². The summed E-state index contributed by atoms with van der Waals surface area (Å²) >= 11 is 1.35. The molecule has 0 atom stereocenters. The Bertz CT molecular complexity index is 368. The van der Waals surface area contributed by atoms with E-state index in [1.54, 1.807) is 20.8 Å². The van der Waals surface area contributed by atoms with Crippen molar-refractivity contribution >= 4 is 23.5 Å². The molecule has 84 valence electrons. The van der Waals surface area contributed by atoms with Crippen molar-refractivity contribution in [3.63, 3.8) is 0 Å². The van der Waals surface area contributed by atoms with Crippen LogP contribution in [0.2, 0.25) is 0 Å². The van der Waals surface area contributed by atoms with Crippen LogP contribution in [0.25, 0.3) is 0 Å². The maximum absolute atomic E-state index is 11.7. The van der Waals surface area contributed by atoms with Crippen LogP contribution in [0.3, 0.4) is 0 Å². The summed E-state index contributed by atoms with van der Waals surface area (Å²) in [6, 6.07) is 0. The van der Waals surface area contributed by atoms with E-state index >= 15 is 0 Å². The summed E-state index contributed by atoms with van der Waals surface area (Å²) in [5.74, 6) is -0.202. The van der Waals surface area contributed by atoms with Gasteiger partial charge in [-0.25, -0.2) is 4.79 Å². The lowest BCUT2D eigenvalue weighted by atomic mass is 10.2. The summed E-state index contributed by atoms with van der Waals surface area (Å²) in [6.45, 7) is 5.42. The summed E-state index contributed by atoms with van der Waals surface area (Å²) in [6.07, 6.45) is 1.82. The van der Waals surface area contributed by atoms with Gasteiger partial charge in [-0.1, -0.05) is 0 Å². The fraction of sp³-hybridized carbons (Fsp3) is 0.556. The van der Waals surface area contributed by atoms with Crippen LogP contribution < -0.4 is 5.73 Å². The number of H-pyrrole nitrogens is 1. The first-order chi connectivity index (χ1) is 6.85. The van der Waals surface area contributed by atoms with Gasteiger partial charge in [0.2, 0.25) is 0 Å². The van der Waals surface area contributed by atoms with Gasteiger partial charge in [0.15, 0.2) is 0 Å². The number of hydrogen-bond acceptors (Lipinski definition) is 5. The standard InChI is InChI=1S/C9H15N3O2S/c1-9(2,3)14-8(13)5-6(10)11-12-7(5)15-4/h1-4H3,(H3,10,11,12). The summed E-state index contributed by atoms with van der Waals surface area (Å²) in [5, 5.41) is 7.02. The number of nitrogens with two attached hydrogens (primary N) is 1. The lowest BCUT2D eigenvalue weighted by Gasteiger charge is -2.19. The van der Waals surface area contributed by atoms with Gasteiger partial charge in [0, 0.05) is 0 Å². The molecule has 0 aromatic carbocycles. The number of nitrogens with zero attached hydrogens (tertiary/aromatic N) is 1. The van der Waals surface area contributed by atoms with E-state index in [4.69, 9.17) is 10.5 Å². The Morgan fingerprint density at radius 2 is 2.13 bits per heavy atom. The number of anilines is 1. The number of aromatic nitrogens is 2. The van der Waals surface area contributed by atoms with Gasteiger partial charge in [0.25, 0.3) is 0 Å². The molecular weight excluding hydrogens is 214 g/mol. The normalized spacial score (nSPS) is 11.5. The second-order valence-electron chi connectivity index (χ2n) is 4.02. The Balaban J connectivity index is 2.95. The number of carbonyl (C=O) groups excluding carboxylic acids is 1. The highest BCUT2D eigenvalue weighted by atomic mass is 32.2. The fourth-order valence-corrected chi connectivity index (χ4v) is 1.55. The lowest BCUT2D eigenvalue weighted by molar-refractivity contribution is 0.00669. The van der Waals surface area contributed by atoms with Crippen LogP contribution in [0.4, 0.5) is 5.82 Å². The third-order valence-corrected chi connectivity index (χ3v) is 2.24. The number of nitrogens with one attached hydrogen (secondary N) is 1. The zero-order valence-electron chi connectivity index (χ0n) is 9.25. The second-order valence-corrected chi connectivity index (χ2v) is 4.82. The van der Waals surface area contributed by atoms with Crippen molar-refractivity contribution in [2.75, 3.05) is 12.0 Å². The van der Waals surface area contributed by atoms with Crippen LogP contribution in [-0.2, 0) is 4.74 Å². The van der Waals surface area contributed by atoms with Gasteiger partial charge < -0.3 is 10.5 Å². The number of thioether (sulfide) groups is 1. The van der Waals surface area contributed by atoms with Crippen LogP contribution >= 0.6 is 11.8 Å². The number of hydrogen-bond donors (Lipinski definition) is 2. The Kier molecular flexibility index (Phi) is 3.28. The minimum atomic E-state index is -0.531. The zero-order chi connectivity index (χ0) is 11.6. The average Bonchev–Trinajstić information content (AvgIpc) is 2.43. The summed E-state index contributed by atoms with van der Waals surface area (Å²) in [5.41, 5.74) is 5.39. The van der Waals surface area contributed by atoms with Crippen LogP contribution in [0, 0.1) is 0 Å². The topological polar surface area (TPSA) is 81.0 Å². The molecule has 0 radical (unpaired) electrons. The molecule has 0 bridgehead atoms. The second kappa shape index (κ2) is 4.14. The summed E-state index contributed by atoms with van der Waals surface area (Å²) in [7, 11) is 0. The zero-order valence-corrected chi connectivity index (χ0v) is 10.1. The SMILES string of the molecule is CSc1n[nH]c(N)c1C(=O)OC(C)(C)C. The van der Waals surface area contributed by atoms with E-state index in [1.807, 2.05) is 6.26 Å². The van der Waals surface area contributed by atoms with Gasteiger partial charge in [-0.05, 0) is 27.0 Å². The van der Waals surface area contributed by atoms with Crippen molar-refractivity contribution in [2.45, 2.75) is 31.4 Å². The van der Waals surface area contributed by atoms with Crippen molar-refractivity contribution in [2.24, 2.45) is 0 Å². The molecule has 1 aromatic rings. The minimum Gasteiger partial charge on any atom is -0.456 e. The average molecular weight is 229 g/mol. The molecule has 5 nitrogen and oxygen atoms in total. The highest BCUT2D eigenvalue weighted by molar-refractivity contribution is 7.98. The smallest absolute Gasteiger partial charge is 0.345 e. The largest absolute Gasteiger partial charge is 0.456 e. The molecule has 0 amide bonds. The molecule has 0 aliphatic heterocycles.